The fourth-order valence-corrected chi connectivity index (χ4v) is 1.21. The second-order valence-electron chi connectivity index (χ2n) is 4.69. The number of aliphatic hydroxyl groups excluding tert-OH is 1. The van der Waals surface area contributed by atoms with Crippen LogP contribution in [0.1, 0.15) is 20.8 Å². The van der Waals surface area contributed by atoms with E-state index in [9.17, 15) is 14.7 Å². The number of ether oxygens (including phenoxy) is 2. The number of rotatable bonds is 9. The first-order valence-electron chi connectivity index (χ1n) is 6.08. The molecule has 0 radical (unpaired) electrons. The van der Waals surface area contributed by atoms with Crippen LogP contribution in [0.3, 0.4) is 0 Å². The van der Waals surface area contributed by atoms with Gasteiger partial charge < -0.3 is 14.6 Å². The molecule has 5 nitrogen and oxygen atoms in total. The van der Waals surface area contributed by atoms with Crippen molar-refractivity contribution in [2.45, 2.75) is 33.0 Å². The second-order valence-corrected chi connectivity index (χ2v) is 4.69. The van der Waals surface area contributed by atoms with E-state index in [1.807, 2.05) is 13.8 Å². The molecule has 1 N–H and O–H groups in total. The molecule has 19 heavy (non-hydrogen) atoms. The second kappa shape index (κ2) is 8.61. The lowest BCUT2D eigenvalue weighted by Crippen LogP contribution is -2.41. The Morgan fingerprint density at radius 2 is 1.89 bits per heavy atom. The molecule has 108 valence electrons. The maximum atomic E-state index is 11.9. The molecule has 0 aromatic carbocycles. The summed E-state index contributed by atoms with van der Waals surface area (Å²) >= 11 is 0. The van der Waals surface area contributed by atoms with Gasteiger partial charge in [0.25, 0.3) is 0 Å². The van der Waals surface area contributed by atoms with Gasteiger partial charge in [-0.1, -0.05) is 27.0 Å². The zero-order valence-electron chi connectivity index (χ0n) is 11.7. The van der Waals surface area contributed by atoms with Gasteiger partial charge in [0.1, 0.15) is 18.8 Å². The van der Waals surface area contributed by atoms with Gasteiger partial charge in [0.05, 0.1) is 0 Å². The van der Waals surface area contributed by atoms with Gasteiger partial charge >= 0.3 is 5.97 Å². The molecule has 0 saturated heterocycles. The van der Waals surface area contributed by atoms with Crippen LogP contribution in [0.2, 0.25) is 0 Å². The van der Waals surface area contributed by atoms with Gasteiger partial charge in [-0.05, 0) is 18.4 Å². The Kier molecular flexibility index (Phi) is 7.95. The number of esters is 1. The first kappa shape index (κ1) is 17.5. The zero-order valence-corrected chi connectivity index (χ0v) is 11.7. The Bertz CT molecular complexity index is 346. The minimum Gasteiger partial charge on any atom is -0.460 e. The molecule has 0 heterocycles. The quantitative estimate of drug-likeness (QED) is 0.504. The number of Topliss-reactive ketones (excluding diaryl/α,β-unsaturated/α-hetero) is 1. The van der Waals surface area contributed by atoms with E-state index in [-0.39, 0.29) is 18.1 Å². The van der Waals surface area contributed by atoms with Crippen LogP contribution in [-0.4, -0.2) is 42.3 Å². The predicted molar refractivity (Wildman–Crippen MR) is 71.6 cm³/mol. The van der Waals surface area contributed by atoms with Crippen LogP contribution in [-0.2, 0) is 19.1 Å². The summed E-state index contributed by atoms with van der Waals surface area (Å²) in [7, 11) is 0. The molecular weight excluding hydrogens is 248 g/mol. The summed E-state index contributed by atoms with van der Waals surface area (Å²) in [5.74, 6) is -0.851. The van der Waals surface area contributed by atoms with E-state index >= 15 is 0 Å². The topological polar surface area (TPSA) is 72.8 Å². The van der Waals surface area contributed by atoms with Crippen molar-refractivity contribution < 1.29 is 24.2 Å². The number of carbonyl (C=O) groups is 2. The van der Waals surface area contributed by atoms with E-state index < -0.39 is 24.0 Å². The summed E-state index contributed by atoms with van der Waals surface area (Å²) in [4.78, 5) is 22.8. The maximum absolute atomic E-state index is 11.9. The standard InChI is InChI=1S/C14H22O5/c1-6-12(16)18-8-11(15)14(13(17)10(4)5)19-7-9(2)3/h6,9,11,14-15H,1,4,7-8H2,2-3,5H3. The van der Waals surface area contributed by atoms with Crippen molar-refractivity contribution >= 4 is 11.8 Å². The number of ketones is 1. The Labute approximate surface area is 113 Å². The fourth-order valence-electron chi connectivity index (χ4n) is 1.21. The lowest BCUT2D eigenvalue weighted by atomic mass is 10.0. The van der Waals surface area contributed by atoms with Crippen LogP contribution < -0.4 is 0 Å². The number of aliphatic hydroxyl groups is 1. The largest absolute Gasteiger partial charge is 0.460 e. The first-order chi connectivity index (χ1) is 8.79. The fraction of sp³-hybridized carbons (Fsp3) is 0.571. The Morgan fingerprint density at radius 3 is 2.32 bits per heavy atom. The monoisotopic (exact) mass is 270 g/mol. The average Bonchev–Trinajstić information content (AvgIpc) is 2.35. The Morgan fingerprint density at radius 1 is 1.32 bits per heavy atom. The van der Waals surface area contributed by atoms with E-state index in [1.165, 1.54) is 6.92 Å². The van der Waals surface area contributed by atoms with Gasteiger partial charge in [-0.25, -0.2) is 4.79 Å². The van der Waals surface area contributed by atoms with Gasteiger partial charge in [-0.15, -0.1) is 0 Å². The van der Waals surface area contributed by atoms with Gasteiger partial charge in [-0.2, -0.15) is 0 Å². The third kappa shape index (κ3) is 6.88. The minimum absolute atomic E-state index is 0.211. The molecule has 0 fully saturated rings. The SMILES string of the molecule is C=CC(=O)OCC(O)C(OCC(C)C)C(=O)C(=C)C. The molecule has 0 aliphatic heterocycles. The number of hydrogen-bond donors (Lipinski definition) is 1. The van der Waals surface area contributed by atoms with Crippen LogP contribution in [0.4, 0.5) is 0 Å². The summed E-state index contributed by atoms with van der Waals surface area (Å²) in [5, 5.41) is 9.89. The molecule has 0 aliphatic carbocycles. The Hall–Kier alpha value is -1.46. The number of carbonyl (C=O) groups excluding carboxylic acids is 2. The molecule has 5 heteroatoms. The van der Waals surface area contributed by atoms with Gasteiger partial charge in [0.15, 0.2) is 5.78 Å². The summed E-state index contributed by atoms with van der Waals surface area (Å²) < 4.78 is 10.1. The highest BCUT2D eigenvalue weighted by Crippen LogP contribution is 2.10. The third-order valence-corrected chi connectivity index (χ3v) is 2.20. The predicted octanol–water partition coefficient (Wildman–Crippen LogP) is 1.26. The van der Waals surface area contributed by atoms with Crippen molar-refractivity contribution in [1.82, 2.24) is 0 Å². The van der Waals surface area contributed by atoms with Crippen molar-refractivity contribution in [3.05, 3.63) is 24.8 Å². The molecule has 0 aromatic rings. The first-order valence-corrected chi connectivity index (χ1v) is 6.08. The third-order valence-electron chi connectivity index (χ3n) is 2.20. The summed E-state index contributed by atoms with van der Waals surface area (Å²) in [5.41, 5.74) is 0.280. The molecule has 0 spiro atoms. The highest BCUT2D eigenvalue weighted by Gasteiger charge is 2.29. The lowest BCUT2D eigenvalue weighted by Gasteiger charge is -2.23. The summed E-state index contributed by atoms with van der Waals surface area (Å²) in [6, 6.07) is 0. The van der Waals surface area contributed by atoms with Crippen LogP contribution >= 0.6 is 0 Å². The molecule has 2 atom stereocenters. The van der Waals surface area contributed by atoms with Crippen molar-refractivity contribution in [3.63, 3.8) is 0 Å². The van der Waals surface area contributed by atoms with Crippen LogP contribution in [0.5, 0.6) is 0 Å². The molecule has 0 saturated carbocycles. The highest BCUT2D eigenvalue weighted by molar-refractivity contribution is 5.98. The molecule has 0 amide bonds. The van der Waals surface area contributed by atoms with Gasteiger partial charge in [-0.3, -0.25) is 4.79 Å². The smallest absolute Gasteiger partial charge is 0.330 e. The molecule has 0 rings (SSSR count). The maximum Gasteiger partial charge on any atom is 0.330 e. The van der Waals surface area contributed by atoms with E-state index in [1.54, 1.807) is 0 Å². The summed E-state index contributed by atoms with van der Waals surface area (Å²) in [6.45, 7) is 12.1. The highest BCUT2D eigenvalue weighted by atomic mass is 16.6. The van der Waals surface area contributed by atoms with Crippen molar-refractivity contribution in [2.75, 3.05) is 13.2 Å². The molecule has 0 bridgehead atoms. The minimum atomic E-state index is -1.23. The van der Waals surface area contributed by atoms with Crippen molar-refractivity contribution in [1.29, 1.82) is 0 Å². The van der Waals surface area contributed by atoms with E-state index in [0.29, 0.717) is 6.61 Å². The zero-order chi connectivity index (χ0) is 15.0. The van der Waals surface area contributed by atoms with Crippen molar-refractivity contribution in [2.24, 2.45) is 5.92 Å². The molecule has 0 aliphatic rings. The normalized spacial score (nSPS) is 13.7. The summed E-state index contributed by atoms with van der Waals surface area (Å²) in [6.07, 6.45) is -1.32. The van der Waals surface area contributed by atoms with Crippen LogP contribution in [0, 0.1) is 5.92 Å². The van der Waals surface area contributed by atoms with Gasteiger partial charge in [0.2, 0.25) is 0 Å². The molecular formula is C14H22O5. The Balaban J connectivity index is 4.62. The van der Waals surface area contributed by atoms with E-state index in [2.05, 4.69) is 13.2 Å². The van der Waals surface area contributed by atoms with Gasteiger partial charge in [0, 0.05) is 12.7 Å². The van der Waals surface area contributed by atoms with Crippen LogP contribution in [0.15, 0.2) is 24.8 Å². The average molecular weight is 270 g/mol. The molecule has 2 unspecified atom stereocenters. The van der Waals surface area contributed by atoms with Crippen molar-refractivity contribution in [3.8, 4) is 0 Å². The van der Waals surface area contributed by atoms with E-state index in [4.69, 9.17) is 9.47 Å². The lowest BCUT2D eigenvalue weighted by molar-refractivity contribution is -0.150. The molecule has 0 aromatic heterocycles. The van der Waals surface area contributed by atoms with E-state index in [0.717, 1.165) is 6.08 Å². The van der Waals surface area contributed by atoms with Crippen LogP contribution in [0.25, 0.3) is 0 Å². The number of hydrogen-bond acceptors (Lipinski definition) is 5.